The second-order valence-electron chi connectivity index (χ2n) is 15.7. The number of unbranched alkanes of at least 4 members (excludes halogenated alkanes) is 1. The molecule has 4 rings (SSSR count). The van der Waals surface area contributed by atoms with Crippen molar-refractivity contribution in [1.82, 2.24) is 31.2 Å². The average Bonchev–Trinajstić information content (AvgIpc) is 3.61. The maximum absolute atomic E-state index is 14.2. The van der Waals surface area contributed by atoms with E-state index in [0.29, 0.717) is 23.2 Å². The number of likely N-dealkylation sites (N-methyl/N-ethyl adjacent to an activating group) is 1. The largest absolute Gasteiger partial charge is 0.481 e. The number of nitrogens with zero attached hydrogens (tertiary/aromatic N) is 1. The van der Waals surface area contributed by atoms with Crippen LogP contribution in [0.15, 0.2) is 85.1 Å². The van der Waals surface area contributed by atoms with E-state index in [1.807, 2.05) is 43.3 Å². The van der Waals surface area contributed by atoms with Crippen LogP contribution in [0.2, 0.25) is 0 Å². The van der Waals surface area contributed by atoms with Gasteiger partial charge in [-0.2, -0.15) is 0 Å². The van der Waals surface area contributed by atoms with Gasteiger partial charge < -0.3 is 52.0 Å². The van der Waals surface area contributed by atoms with Crippen molar-refractivity contribution in [3.05, 3.63) is 102 Å². The number of nitrogens with two attached hydrogens (primary N) is 1. The number of carbonyl (C=O) groups excluding carboxylic acids is 6. The van der Waals surface area contributed by atoms with E-state index in [1.165, 1.54) is 7.05 Å². The summed E-state index contributed by atoms with van der Waals surface area (Å²) in [5, 5.41) is 24.0. The van der Waals surface area contributed by atoms with Crippen LogP contribution in [-0.2, 0) is 41.6 Å². The zero-order valence-corrected chi connectivity index (χ0v) is 35.1. The number of carbonyl (C=O) groups is 7. The Bertz CT molecular complexity index is 2170. The summed E-state index contributed by atoms with van der Waals surface area (Å²) in [6.45, 7) is 7.06. The molecule has 326 valence electrons. The molecular formula is C44H56N8O9. The summed E-state index contributed by atoms with van der Waals surface area (Å²) in [7, 11) is 1.29. The third kappa shape index (κ3) is 14.7. The summed E-state index contributed by atoms with van der Waals surface area (Å²) < 4.78 is 5.46. The summed E-state index contributed by atoms with van der Waals surface area (Å²) in [6, 6.07) is 17.5. The Morgan fingerprint density at radius 3 is 2.11 bits per heavy atom. The van der Waals surface area contributed by atoms with E-state index in [1.54, 1.807) is 69.4 Å². The minimum Gasteiger partial charge on any atom is -0.481 e. The van der Waals surface area contributed by atoms with Gasteiger partial charge in [0.1, 0.15) is 29.8 Å². The molecule has 3 aromatic carbocycles. The number of hydrogen-bond acceptors (Lipinski definition) is 8. The van der Waals surface area contributed by atoms with Crippen LogP contribution in [0.1, 0.15) is 63.1 Å². The number of amides is 7. The van der Waals surface area contributed by atoms with Crippen LogP contribution in [0, 0.1) is 6.92 Å². The highest BCUT2D eigenvalue weighted by molar-refractivity contribution is 5.97. The molecule has 4 aromatic rings. The Hall–Kier alpha value is -6.91. The minimum absolute atomic E-state index is 0.00973. The first-order valence-corrected chi connectivity index (χ1v) is 20.0. The lowest BCUT2D eigenvalue weighted by Gasteiger charge is -2.30. The summed E-state index contributed by atoms with van der Waals surface area (Å²) in [5.74, 6) is -4.81. The second-order valence-corrected chi connectivity index (χ2v) is 15.7. The number of benzene rings is 3. The number of rotatable bonds is 20. The number of ether oxygens (including phenoxy) is 1. The van der Waals surface area contributed by atoms with Crippen LogP contribution >= 0.6 is 0 Å². The van der Waals surface area contributed by atoms with Gasteiger partial charge in [-0.15, -0.1) is 0 Å². The third-order valence-corrected chi connectivity index (χ3v) is 9.75. The maximum atomic E-state index is 14.2. The molecule has 17 heteroatoms. The molecule has 4 atom stereocenters. The molecule has 0 bridgehead atoms. The van der Waals surface area contributed by atoms with E-state index in [-0.39, 0.29) is 32.2 Å². The number of aromatic nitrogens is 1. The number of carboxylic acid groups (broad SMARTS) is 1. The second kappa shape index (κ2) is 21.9. The molecule has 9 N–H and O–H groups in total. The van der Waals surface area contributed by atoms with Crippen molar-refractivity contribution in [3.63, 3.8) is 0 Å². The predicted octanol–water partition coefficient (Wildman–Crippen LogP) is 3.90. The Balaban J connectivity index is 1.56. The van der Waals surface area contributed by atoms with Crippen molar-refractivity contribution in [2.45, 2.75) is 96.0 Å². The van der Waals surface area contributed by atoms with Crippen molar-refractivity contribution >= 4 is 58.3 Å². The Kier molecular flexibility index (Phi) is 16.8. The number of carboxylic acids is 1. The smallest absolute Gasteiger partial charge is 0.408 e. The molecule has 0 radical (unpaired) electrons. The van der Waals surface area contributed by atoms with E-state index < -0.39 is 77.9 Å². The monoisotopic (exact) mass is 840 g/mol. The number of para-hydroxylation sites is 2. The average molecular weight is 841 g/mol. The van der Waals surface area contributed by atoms with Crippen LogP contribution in [-0.4, -0.2) is 100 Å². The number of aryl methyl sites for hydroxylation is 1. The fourth-order valence-electron chi connectivity index (χ4n) is 6.59. The highest BCUT2D eigenvalue weighted by Gasteiger charge is 2.35. The lowest BCUT2D eigenvalue weighted by Crippen LogP contribution is -2.59. The number of aromatic amines is 1. The van der Waals surface area contributed by atoms with Crippen LogP contribution in [0.25, 0.3) is 10.9 Å². The number of primary amides is 1. The highest BCUT2D eigenvalue weighted by Crippen LogP contribution is 2.20. The topological polar surface area (TPSA) is 254 Å². The van der Waals surface area contributed by atoms with Gasteiger partial charge in [0.15, 0.2) is 0 Å². The first-order valence-electron chi connectivity index (χ1n) is 20.0. The van der Waals surface area contributed by atoms with E-state index in [9.17, 15) is 38.7 Å². The molecule has 1 aromatic heterocycles. The molecule has 61 heavy (non-hydrogen) atoms. The third-order valence-electron chi connectivity index (χ3n) is 9.75. The van der Waals surface area contributed by atoms with Gasteiger partial charge in [-0.1, -0.05) is 66.7 Å². The van der Waals surface area contributed by atoms with Gasteiger partial charge in [-0.05, 0) is 75.8 Å². The number of urea groups is 1. The van der Waals surface area contributed by atoms with Gasteiger partial charge >= 0.3 is 18.1 Å². The molecule has 0 aliphatic heterocycles. The van der Waals surface area contributed by atoms with E-state index in [0.717, 1.165) is 21.4 Å². The summed E-state index contributed by atoms with van der Waals surface area (Å²) >= 11 is 0. The highest BCUT2D eigenvalue weighted by atomic mass is 16.6. The van der Waals surface area contributed by atoms with Gasteiger partial charge in [-0.25, -0.2) is 9.59 Å². The zero-order chi connectivity index (χ0) is 44.7. The van der Waals surface area contributed by atoms with Crippen molar-refractivity contribution in [1.29, 1.82) is 0 Å². The minimum atomic E-state index is -1.67. The van der Waals surface area contributed by atoms with E-state index in [2.05, 4.69) is 31.6 Å². The van der Waals surface area contributed by atoms with Crippen molar-refractivity contribution in [3.8, 4) is 0 Å². The molecule has 17 nitrogen and oxygen atoms in total. The van der Waals surface area contributed by atoms with Crippen LogP contribution < -0.4 is 32.3 Å². The maximum Gasteiger partial charge on any atom is 0.408 e. The number of H-pyrrole nitrogens is 1. The first-order chi connectivity index (χ1) is 28.9. The van der Waals surface area contributed by atoms with E-state index in [4.69, 9.17) is 10.5 Å². The fraction of sp³-hybridized carbons (Fsp3) is 0.386. The number of alkyl carbamates (subject to hydrolysis) is 1. The number of nitrogens with one attached hydrogen (secondary N) is 6. The molecular weight excluding hydrogens is 785 g/mol. The molecule has 0 fully saturated rings. The normalized spacial score (nSPS) is 13.1. The molecule has 0 unspecified atom stereocenters. The zero-order valence-electron chi connectivity index (χ0n) is 35.1. The lowest BCUT2D eigenvalue weighted by atomic mass is 10.0. The van der Waals surface area contributed by atoms with Crippen LogP contribution in [0.3, 0.4) is 0 Å². The molecule has 0 aliphatic carbocycles. The molecule has 0 aliphatic rings. The SMILES string of the molecule is Cc1ccccc1NC(=O)NCCCC[C@H](NC(=O)[C@H](Cc1c[nH]c2ccccc12)NC(=O)OC(C)(C)C)C(=O)N[C@@H](CC(=O)O)C(=O)N(C)[C@@H](Cc1ccccc1)C(N)=O. The van der Waals surface area contributed by atoms with Crippen LogP contribution in [0.5, 0.6) is 0 Å². The molecule has 7 amide bonds. The Morgan fingerprint density at radius 1 is 0.803 bits per heavy atom. The number of anilines is 1. The van der Waals surface area contributed by atoms with Crippen molar-refractivity contribution in [2.75, 3.05) is 18.9 Å². The van der Waals surface area contributed by atoms with Crippen molar-refractivity contribution in [2.24, 2.45) is 5.73 Å². The standard InChI is InChI=1S/C44H56N8O9/c1-27-15-9-11-19-31(27)50-42(59)46-22-14-13-21-33(39(56)49-35(25-37(53)54)41(58)52(5)36(38(45)55)23-28-16-7-6-8-17-28)48-40(57)34(51-43(60)61-44(2,3)4)24-29-26-47-32-20-12-10-18-30(29)32/h6-12,15-20,26,33-36,47H,13-14,21-25H2,1-5H3,(H2,45,55)(H,48,57)(H,49,56)(H,51,60)(H,53,54)(H2,46,50,59)/t33-,34-,35-,36-/m0/s1. The summed E-state index contributed by atoms with van der Waals surface area (Å²) in [5.41, 5.74) is 8.49. The van der Waals surface area contributed by atoms with Gasteiger partial charge in [0.2, 0.25) is 23.6 Å². The van der Waals surface area contributed by atoms with Gasteiger partial charge in [0, 0.05) is 49.2 Å². The molecule has 0 saturated heterocycles. The van der Waals surface area contributed by atoms with Gasteiger partial charge in [-0.3, -0.25) is 24.0 Å². The lowest BCUT2D eigenvalue weighted by molar-refractivity contribution is -0.146. The van der Waals surface area contributed by atoms with Crippen molar-refractivity contribution < 1.29 is 43.4 Å². The number of aliphatic carboxylic acids is 1. The van der Waals surface area contributed by atoms with Gasteiger partial charge in [0.05, 0.1) is 6.42 Å². The van der Waals surface area contributed by atoms with E-state index >= 15 is 0 Å². The number of hydrogen-bond donors (Lipinski definition) is 8. The van der Waals surface area contributed by atoms with Crippen LogP contribution in [0.4, 0.5) is 15.3 Å². The molecule has 0 spiro atoms. The predicted molar refractivity (Wildman–Crippen MR) is 229 cm³/mol. The van der Waals surface area contributed by atoms with Gasteiger partial charge in [0.25, 0.3) is 0 Å². The fourth-order valence-corrected chi connectivity index (χ4v) is 6.59. The molecule has 0 saturated carbocycles. The Labute approximate surface area is 354 Å². The first kappa shape index (κ1) is 46.8. The summed E-state index contributed by atoms with van der Waals surface area (Å²) in [4.78, 5) is 96.6. The molecule has 1 heterocycles. The number of fused-ring (bicyclic) bond motifs is 1. The Morgan fingerprint density at radius 2 is 1.44 bits per heavy atom. The summed E-state index contributed by atoms with van der Waals surface area (Å²) in [6.07, 6.45) is 0.614. The quantitative estimate of drug-likeness (QED) is 0.0600.